The Kier molecular flexibility index (Phi) is 6.96. The van der Waals surface area contributed by atoms with Crippen LogP contribution in [0.2, 0.25) is 0 Å². The van der Waals surface area contributed by atoms with E-state index in [2.05, 4.69) is 0 Å². The van der Waals surface area contributed by atoms with Gasteiger partial charge in [0, 0.05) is 14.7 Å². The lowest BCUT2D eigenvalue weighted by atomic mass is 10.2. The van der Waals surface area contributed by atoms with Gasteiger partial charge in [-0.15, -0.1) is 0 Å². The minimum absolute atomic E-state index is 0.329. The Morgan fingerprint density at radius 1 is 0.611 bits per heavy atom. The van der Waals surface area contributed by atoms with Gasteiger partial charge in [0.1, 0.15) is 0 Å². The fourth-order valence-electron chi connectivity index (χ4n) is 3.82. The Morgan fingerprint density at radius 2 is 1.06 bits per heavy atom. The molecule has 0 heterocycles. The molecule has 4 rings (SSSR count). The van der Waals surface area contributed by atoms with Gasteiger partial charge in [-0.25, -0.2) is 25.6 Å². The molecule has 0 radical (unpaired) electrons. The zero-order valence-electron chi connectivity index (χ0n) is 18.9. The molecule has 36 heavy (non-hydrogen) atoms. The summed E-state index contributed by atoms with van der Waals surface area (Å²) >= 11 is 0. The lowest BCUT2D eigenvalue weighted by Gasteiger charge is -2.40. The van der Waals surface area contributed by atoms with E-state index in [0.29, 0.717) is 20.2 Å². The summed E-state index contributed by atoms with van der Waals surface area (Å²) in [6.07, 6.45) is 0. The molecule has 0 saturated carbocycles. The molecule has 4 aromatic rings. The van der Waals surface area contributed by atoms with Gasteiger partial charge >= 0.3 is 10.1 Å². The number of rotatable bonds is 6. The lowest BCUT2D eigenvalue weighted by molar-refractivity contribution is 0.354. The van der Waals surface area contributed by atoms with E-state index in [0.717, 1.165) is 5.56 Å². The van der Waals surface area contributed by atoms with Gasteiger partial charge < -0.3 is 0 Å². The van der Waals surface area contributed by atoms with E-state index >= 15 is 0 Å². The molecule has 188 valence electrons. The van der Waals surface area contributed by atoms with E-state index in [1.165, 1.54) is 0 Å². The molecular weight excluding hydrogens is 519 g/mol. The fourth-order valence-corrected chi connectivity index (χ4v) is 9.34. The van der Waals surface area contributed by atoms with Crippen molar-refractivity contribution in [2.45, 2.75) is 33.4 Å². The number of hydrogen-bond acceptors (Lipinski definition) is 3. The summed E-state index contributed by atoms with van der Waals surface area (Å²) in [5, 5.41) is 0. The maximum Gasteiger partial charge on any atom is 0.313 e. The molecule has 0 spiro atoms. The number of aryl methyl sites for hydroxylation is 2. The number of benzene rings is 4. The zero-order chi connectivity index (χ0) is 26.3. The van der Waals surface area contributed by atoms with Crippen molar-refractivity contribution in [1.29, 1.82) is 0 Å². The van der Waals surface area contributed by atoms with E-state index in [1.54, 1.807) is 85.8 Å². The molecular formula is C26H19F5O3S2. The normalized spacial score (nSPS) is 12.5. The Hall–Kier alpha value is -3.21. The largest absolute Gasteiger partial charge is 0.313 e. The zero-order valence-corrected chi connectivity index (χ0v) is 20.6. The smallest absolute Gasteiger partial charge is 0.203 e. The molecule has 0 aliphatic heterocycles. The highest BCUT2D eigenvalue weighted by molar-refractivity contribution is 8.33. The molecule has 0 bridgehead atoms. The second-order valence-electron chi connectivity index (χ2n) is 7.87. The van der Waals surface area contributed by atoms with Crippen molar-refractivity contribution in [3.05, 3.63) is 119 Å². The van der Waals surface area contributed by atoms with Crippen LogP contribution in [0.3, 0.4) is 0 Å². The van der Waals surface area contributed by atoms with E-state index in [4.69, 9.17) is 3.63 Å². The van der Waals surface area contributed by atoms with Crippen molar-refractivity contribution in [3.8, 4) is 0 Å². The van der Waals surface area contributed by atoms with Crippen molar-refractivity contribution in [2.75, 3.05) is 0 Å². The van der Waals surface area contributed by atoms with Crippen molar-refractivity contribution in [1.82, 2.24) is 0 Å². The second-order valence-corrected chi connectivity index (χ2v) is 12.2. The Bertz CT molecular complexity index is 1470. The molecule has 0 aliphatic rings. The quantitative estimate of drug-likeness (QED) is 0.144. The predicted molar refractivity (Wildman–Crippen MR) is 126 cm³/mol. The molecule has 0 aromatic heterocycles. The van der Waals surface area contributed by atoms with E-state index in [9.17, 15) is 30.4 Å². The van der Waals surface area contributed by atoms with Gasteiger partial charge in [0.15, 0.2) is 28.2 Å². The van der Waals surface area contributed by atoms with E-state index < -0.39 is 54.4 Å². The third-order valence-electron chi connectivity index (χ3n) is 5.40. The Labute approximate surface area is 206 Å². The van der Waals surface area contributed by atoms with Crippen LogP contribution in [-0.4, -0.2) is 8.42 Å². The van der Waals surface area contributed by atoms with Crippen LogP contribution in [0.1, 0.15) is 11.1 Å². The second kappa shape index (κ2) is 9.68. The van der Waals surface area contributed by atoms with Gasteiger partial charge in [-0.2, -0.15) is 8.42 Å². The average Bonchev–Trinajstić information content (AvgIpc) is 2.86. The molecule has 0 unspecified atom stereocenters. The third kappa shape index (κ3) is 4.29. The molecule has 0 N–H and O–H groups in total. The van der Waals surface area contributed by atoms with Crippen LogP contribution in [-0.2, 0) is 13.7 Å². The van der Waals surface area contributed by atoms with Crippen LogP contribution < -0.4 is 0 Å². The summed E-state index contributed by atoms with van der Waals surface area (Å²) in [6.45, 7) is 3.54. The van der Waals surface area contributed by atoms with Crippen LogP contribution in [0.15, 0.2) is 98.4 Å². The van der Waals surface area contributed by atoms with Crippen LogP contribution in [0.25, 0.3) is 0 Å². The first kappa shape index (κ1) is 25.9. The Morgan fingerprint density at radius 3 is 1.50 bits per heavy atom. The average molecular weight is 539 g/mol. The van der Waals surface area contributed by atoms with Gasteiger partial charge in [0.25, 0.3) is 0 Å². The van der Waals surface area contributed by atoms with Gasteiger partial charge in [-0.05, 0) is 60.1 Å². The molecule has 0 atom stereocenters. The minimum atomic E-state index is -5.57. The van der Waals surface area contributed by atoms with E-state index in [-0.39, 0.29) is 0 Å². The third-order valence-corrected chi connectivity index (χ3v) is 10.7. The van der Waals surface area contributed by atoms with E-state index in [1.807, 2.05) is 6.92 Å². The van der Waals surface area contributed by atoms with Crippen LogP contribution in [0, 0.1) is 42.9 Å². The van der Waals surface area contributed by atoms with Crippen molar-refractivity contribution >= 4 is 20.4 Å². The SMILES string of the molecule is Cc1ccc(S(OS(=O)(=O)c2c(F)c(F)c(F)c(F)c2F)(c2ccccc2)c2ccccc2)c(C)c1. The van der Waals surface area contributed by atoms with Crippen LogP contribution in [0.5, 0.6) is 0 Å². The predicted octanol–water partition coefficient (Wildman–Crippen LogP) is 7.60. The maximum absolute atomic E-state index is 14.6. The molecule has 0 aliphatic carbocycles. The number of hydrogen-bond donors (Lipinski definition) is 0. The first-order valence-electron chi connectivity index (χ1n) is 10.5. The molecule has 4 aromatic carbocycles. The fraction of sp³-hybridized carbons (Fsp3) is 0.0769. The molecule has 3 nitrogen and oxygen atoms in total. The maximum atomic E-state index is 14.6. The number of halogens is 5. The van der Waals surface area contributed by atoms with Gasteiger partial charge in [0.2, 0.25) is 5.82 Å². The highest BCUT2D eigenvalue weighted by Crippen LogP contribution is 2.71. The summed E-state index contributed by atoms with van der Waals surface area (Å²) < 4.78 is 104. The van der Waals surface area contributed by atoms with Crippen LogP contribution >= 0.6 is 10.3 Å². The van der Waals surface area contributed by atoms with Crippen molar-refractivity contribution in [2.24, 2.45) is 0 Å². The standard InChI is InChI=1S/C26H19F5O3S2/c1-16-13-14-20(17(2)15-16)35(18-9-5-3-6-10-18,19-11-7-4-8-12-19)34-36(32,33)26-24(30)22(28)21(27)23(29)25(26)31/h3-15H,1-2H3. The summed E-state index contributed by atoms with van der Waals surface area (Å²) in [5.74, 6) is -12.2. The summed E-state index contributed by atoms with van der Waals surface area (Å²) in [4.78, 5) is -1.02. The first-order valence-corrected chi connectivity index (χ1v) is 13.5. The highest BCUT2D eigenvalue weighted by atomic mass is 32.3. The monoisotopic (exact) mass is 538 g/mol. The lowest BCUT2D eigenvalue weighted by Crippen LogP contribution is -2.19. The topological polar surface area (TPSA) is 43.4 Å². The molecule has 0 saturated heterocycles. The summed E-state index contributed by atoms with van der Waals surface area (Å²) in [6, 6.07) is 21.3. The molecule has 0 fully saturated rings. The molecule has 10 heteroatoms. The first-order chi connectivity index (χ1) is 17.0. The van der Waals surface area contributed by atoms with Gasteiger partial charge in [-0.1, -0.05) is 54.1 Å². The van der Waals surface area contributed by atoms with Crippen molar-refractivity contribution in [3.63, 3.8) is 0 Å². The minimum Gasteiger partial charge on any atom is -0.203 e. The van der Waals surface area contributed by atoms with Crippen LogP contribution in [0.4, 0.5) is 22.0 Å². The van der Waals surface area contributed by atoms with Gasteiger partial charge in [0.05, 0.1) is 0 Å². The Balaban J connectivity index is 2.11. The van der Waals surface area contributed by atoms with Crippen molar-refractivity contribution < 1.29 is 34.0 Å². The van der Waals surface area contributed by atoms with Gasteiger partial charge in [-0.3, -0.25) is 0 Å². The highest BCUT2D eigenvalue weighted by Gasteiger charge is 2.43. The summed E-state index contributed by atoms with van der Waals surface area (Å²) in [7, 11) is -8.89. The summed E-state index contributed by atoms with van der Waals surface area (Å²) in [5.41, 5.74) is 1.46. The molecule has 0 amide bonds.